The Kier molecular flexibility index (Phi) is 4.93. The van der Waals surface area contributed by atoms with Gasteiger partial charge in [-0.15, -0.1) is 0 Å². The highest BCUT2D eigenvalue weighted by molar-refractivity contribution is 5.19. The molecule has 0 amide bonds. The molecule has 0 aliphatic rings. The van der Waals surface area contributed by atoms with Crippen LogP contribution in [0.3, 0.4) is 0 Å². The molecule has 0 saturated carbocycles. The molecule has 96 valence electrons. The molecule has 0 spiro atoms. The van der Waals surface area contributed by atoms with Crippen molar-refractivity contribution < 1.29 is 17.6 Å². The molecule has 0 aromatic heterocycles. The lowest BCUT2D eigenvalue weighted by Crippen LogP contribution is -2.21. The van der Waals surface area contributed by atoms with E-state index in [9.17, 15) is 17.6 Å². The molecule has 1 nitrogen and oxygen atoms in total. The fourth-order valence-electron chi connectivity index (χ4n) is 1.48. The van der Waals surface area contributed by atoms with Crippen molar-refractivity contribution in [1.29, 1.82) is 0 Å². The van der Waals surface area contributed by atoms with E-state index in [0.717, 1.165) is 5.56 Å². The van der Waals surface area contributed by atoms with Crippen LogP contribution in [0, 0.1) is 5.82 Å². The van der Waals surface area contributed by atoms with Crippen molar-refractivity contribution in [3.05, 3.63) is 35.6 Å². The average Bonchev–Trinajstić information content (AvgIpc) is 2.24. The molecule has 1 rings (SSSR count). The number of benzene rings is 1. The Morgan fingerprint density at radius 2 is 1.76 bits per heavy atom. The maximum absolute atomic E-state index is 12.6. The van der Waals surface area contributed by atoms with E-state index in [-0.39, 0.29) is 24.8 Å². The van der Waals surface area contributed by atoms with Gasteiger partial charge in [0.15, 0.2) is 0 Å². The van der Waals surface area contributed by atoms with Gasteiger partial charge in [0.2, 0.25) is 0 Å². The van der Waals surface area contributed by atoms with E-state index in [0.29, 0.717) is 0 Å². The Hall–Kier alpha value is -1.10. The van der Waals surface area contributed by atoms with Crippen molar-refractivity contribution in [2.75, 3.05) is 6.54 Å². The molecule has 1 aromatic rings. The molecular formula is C12H15F4N. The van der Waals surface area contributed by atoms with E-state index in [1.165, 1.54) is 12.1 Å². The number of alkyl halides is 3. The van der Waals surface area contributed by atoms with Crippen LogP contribution in [0.1, 0.15) is 31.4 Å². The number of rotatable bonds is 5. The first-order chi connectivity index (χ1) is 7.88. The molecule has 0 saturated heterocycles. The van der Waals surface area contributed by atoms with Gasteiger partial charge in [-0.1, -0.05) is 12.1 Å². The van der Waals surface area contributed by atoms with Gasteiger partial charge in [-0.25, -0.2) is 4.39 Å². The lowest BCUT2D eigenvalue weighted by molar-refractivity contribution is -0.135. The summed E-state index contributed by atoms with van der Waals surface area (Å²) in [5.41, 5.74) is 0.860. The van der Waals surface area contributed by atoms with Gasteiger partial charge in [-0.2, -0.15) is 13.2 Å². The molecule has 17 heavy (non-hydrogen) atoms. The van der Waals surface area contributed by atoms with Gasteiger partial charge in [-0.3, -0.25) is 0 Å². The van der Waals surface area contributed by atoms with Crippen LogP contribution in [0.5, 0.6) is 0 Å². The minimum atomic E-state index is -4.10. The molecule has 1 N–H and O–H groups in total. The van der Waals surface area contributed by atoms with Crippen molar-refractivity contribution in [3.63, 3.8) is 0 Å². The standard InChI is InChI=1S/C12H15F4N/c1-9(10-3-5-11(13)6-4-10)17-8-2-7-12(14,15)16/h3-6,9,17H,2,7-8H2,1H3. The van der Waals surface area contributed by atoms with Crippen LogP contribution >= 0.6 is 0 Å². The topological polar surface area (TPSA) is 12.0 Å². The predicted octanol–water partition coefficient (Wildman–Crippen LogP) is 3.82. The molecule has 0 heterocycles. The minimum absolute atomic E-state index is 0.0506. The quantitative estimate of drug-likeness (QED) is 0.618. The van der Waals surface area contributed by atoms with E-state index in [1.807, 2.05) is 6.92 Å². The summed E-state index contributed by atoms with van der Waals surface area (Å²) >= 11 is 0. The smallest absolute Gasteiger partial charge is 0.310 e. The van der Waals surface area contributed by atoms with Crippen molar-refractivity contribution in [2.24, 2.45) is 0 Å². The molecule has 1 unspecified atom stereocenters. The van der Waals surface area contributed by atoms with E-state index < -0.39 is 12.6 Å². The molecular weight excluding hydrogens is 234 g/mol. The maximum atomic E-state index is 12.6. The van der Waals surface area contributed by atoms with Crippen LogP contribution in [0.4, 0.5) is 17.6 Å². The zero-order chi connectivity index (χ0) is 12.9. The number of nitrogens with one attached hydrogen (secondary N) is 1. The third-order valence-corrected chi connectivity index (χ3v) is 2.46. The second-order valence-electron chi connectivity index (χ2n) is 3.95. The zero-order valence-corrected chi connectivity index (χ0v) is 9.52. The molecule has 0 radical (unpaired) electrons. The van der Waals surface area contributed by atoms with Crippen LogP contribution in [0.2, 0.25) is 0 Å². The monoisotopic (exact) mass is 249 g/mol. The number of hydrogen-bond acceptors (Lipinski definition) is 1. The van der Waals surface area contributed by atoms with Crippen LogP contribution in [-0.4, -0.2) is 12.7 Å². The van der Waals surface area contributed by atoms with Crippen LogP contribution in [-0.2, 0) is 0 Å². The van der Waals surface area contributed by atoms with Gasteiger partial charge < -0.3 is 5.32 Å². The van der Waals surface area contributed by atoms with Crippen molar-refractivity contribution in [2.45, 2.75) is 32.0 Å². The summed E-state index contributed by atoms with van der Waals surface area (Å²) in [5.74, 6) is -0.321. The Morgan fingerprint density at radius 1 is 1.18 bits per heavy atom. The summed E-state index contributed by atoms with van der Waals surface area (Å²) in [5, 5.41) is 2.97. The normalized spacial score (nSPS) is 13.7. The van der Waals surface area contributed by atoms with Crippen LogP contribution < -0.4 is 5.32 Å². The second-order valence-corrected chi connectivity index (χ2v) is 3.95. The van der Waals surface area contributed by atoms with Gasteiger partial charge in [0.1, 0.15) is 5.82 Å². The van der Waals surface area contributed by atoms with Gasteiger partial charge in [0, 0.05) is 12.5 Å². The molecule has 0 aliphatic heterocycles. The second kappa shape index (κ2) is 6.00. The van der Waals surface area contributed by atoms with E-state index in [1.54, 1.807) is 12.1 Å². The van der Waals surface area contributed by atoms with Gasteiger partial charge >= 0.3 is 6.18 Å². The highest BCUT2D eigenvalue weighted by Gasteiger charge is 2.25. The number of hydrogen-bond donors (Lipinski definition) is 1. The number of halogens is 4. The SMILES string of the molecule is CC(NCCCC(F)(F)F)c1ccc(F)cc1. The summed E-state index contributed by atoms with van der Waals surface area (Å²) in [7, 11) is 0. The maximum Gasteiger partial charge on any atom is 0.389 e. The van der Waals surface area contributed by atoms with E-state index >= 15 is 0 Å². The van der Waals surface area contributed by atoms with Crippen LogP contribution in [0.25, 0.3) is 0 Å². The molecule has 0 fully saturated rings. The first-order valence-corrected chi connectivity index (χ1v) is 5.44. The fraction of sp³-hybridized carbons (Fsp3) is 0.500. The average molecular weight is 249 g/mol. The molecule has 0 bridgehead atoms. The third kappa shape index (κ3) is 5.68. The van der Waals surface area contributed by atoms with Gasteiger partial charge in [0.05, 0.1) is 0 Å². The summed E-state index contributed by atoms with van der Waals surface area (Å²) < 4.78 is 48.3. The lowest BCUT2D eigenvalue weighted by Gasteiger charge is -2.14. The van der Waals surface area contributed by atoms with E-state index in [2.05, 4.69) is 5.32 Å². The summed E-state index contributed by atoms with van der Waals surface area (Å²) in [6, 6.07) is 5.84. The predicted molar refractivity (Wildman–Crippen MR) is 58.1 cm³/mol. The lowest BCUT2D eigenvalue weighted by atomic mass is 10.1. The first kappa shape index (κ1) is 14.0. The van der Waals surface area contributed by atoms with Crippen LogP contribution in [0.15, 0.2) is 24.3 Å². The fourth-order valence-corrected chi connectivity index (χ4v) is 1.48. The highest BCUT2D eigenvalue weighted by atomic mass is 19.4. The van der Waals surface area contributed by atoms with E-state index in [4.69, 9.17) is 0 Å². The minimum Gasteiger partial charge on any atom is -0.310 e. The van der Waals surface area contributed by atoms with Gasteiger partial charge in [0.25, 0.3) is 0 Å². The first-order valence-electron chi connectivity index (χ1n) is 5.44. The zero-order valence-electron chi connectivity index (χ0n) is 9.52. The Bertz CT molecular complexity index is 331. The summed E-state index contributed by atoms with van der Waals surface area (Å²) in [6.07, 6.45) is -4.83. The molecule has 5 heteroatoms. The highest BCUT2D eigenvalue weighted by Crippen LogP contribution is 2.21. The van der Waals surface area contributed by atoms with Crippen molar-refractivity contribution >= 4 is 0 Å². The third-order valence-electron chi connectivity index (χ3n) is 2.46. The molecule has 0 aliphatic carbocycles. The molecule has 1 atom stereocenters. The largest absolute Gasteiger partial charge is 0.389 e. The Balaban J connectivity index is 2.30. The summed E-state index contributed by atoms with van der Waals surface area (Å²) in [4.78, 5) is 0. The Labute approximate surface area is 97.8 Å². The van der Waals surface area contributed by atoms with Gasteiger partial charge in [-0.05, 0) is 37.6 Å². The van der Waals surface area contributed by atoms with Crippen molar-refractivity contribution in [1.82, 2.24) is 5.32 Å². The van der Waals surface area contributed by atoms with Crippen molar-refractivity contribution in [3.8, 4) is 0 Å². The Morgan fingerprint density at radius 3 is 2.29 bits per heavy atom. The summed E-state index contributed by atoms with van der Waals surface area (Å²) in [6.45, 7) is 2.12. The molecule has 1 aromatic carbocycles.